The molecule has 2 N–H and O–H groups in total. The second-order valence-electron chi connectivity index (χ2n) is 4.21. The molecule has 0 bridgehead atoms. The molecule has 0 atom stereocenters. The van der Waals surface area contributed by atoms with Crippen LogP contribution in [0.15, 0.2) is 36.5 Å². The van der Waals surface area contributed by atoms with Crippen LogP contribution in [0.1, 0.15) is 17.4 Å². The first-order valence-corrected chi connectivity index (χ1v) is 6.51. The van der Waals surface area contributed by atoms with Gasteiger partial charge in [-0.05, 0) is 31.2 Å². The summed E-state index contributed by atoms with van der Waals surface area (Å²) in [7, 11) is 1.75. The van der Waals surface area contributed by atoms with Crippen LogP contribution in [-0.4, -0.2) is 24.5 Å². The first-order chi connectivity index (χ1) is 10.1. The molecule has 1 heterocycles. The molecule has 2 aromatic rings. The van der Waals surface area contributed by atoms with Gasteiger partial charge in [-0.2, -0.15) is 0 Å². The van der Waals surface area contributed by atoms with E-state index in [1.54, 1.807) is 32.2 Å². The number of hydrogen-bond donors (Lipinski definition) is 2. The highest BCUT2D eigenvalue weighted by atomic mass is 19.1. The van der Waals surface area contributed by atoms with Crippen molar-refractivity contribution in [1.82, 2.24) is 4.98 Å². The molecule has 2 rings (SSSR count). The van der Waals surface area contributed by atoms with Gasteiger partial charge in [0.05, 0.1) is 6.61 Å². The minimum atomic E-state index is -0.522. The van der Waals surface area contributed by atoms with Gasteiger partial charge in [0, 0.05) is 30.7 Å². The third-order valence-electron chi connectivity index (χ3n) is 2.77. The van der Waals surface area contributed by atoms with Crippen molar-refractivity contribution in [2.45, 2.75) is 6.92 Å². The third-order valence-corrected chi connectivity index (χ3v) is 2.77. The molecule has 0 radical (unpaired) electrons. The predicted molar refractivity (Wildman–Crippen MR) is 79.3 cm³/mol. The molecular weight excluding hydrogens is 273 g/mol. The maximum atomic E-state index is 13.7. The van der Waals surface area contributed by atoms with Gasteiger partial charge in [0.2, 0.25) is 0 Å². The Morgan fingerprint density at radius 1 is 1.29 bits per heavy atom. The fourth-order valence-corrected chi connectivity index (χ4v) is 1.76. The van der Waals surface area contributed by atoms with Crippen LogP contribution < -0.4 is 15.4 Å². The van der Waals surface area contributed by atoms with Gasteiger partial charge in [-0.25, -0.2) is 4.39 Å². The molecule has 0 unspecified atom stereocenters. The maximum Gasteiger partial charge on any atom is 0.274 e. The van der Waals surface area contributed by atoms with E-state index >= 15 is 0 Å². The second-order valence-corrected chi connectivity index (χ2v) is 4.21. The Morgan fingerprint density at radius 3 is 2.76 bits per heavy atom. The van der Waals surface area contributed by atoms with E-state index in [2.05, 4.69) is 15.6 Å². The molecule has 5 nitrogen and oxygen atoms in total. The van der Waals surface area contributed by atoms with Crippen molar-refractivity contribution in [3.63, 3.8) is 0 Å². The van der Waals surface area contributed by atoms with Crippen molar-refractivity contribution >= 4 is 17.3 Å². The Labute approximate surface area is 122 Å². The smallest absolute Gasteiger partial charge is 0.274 e. The number of hydrogen-bond acceptors (Lipinski definition) is 4. The highest BCUT2D eigenvalue weighted by Gasteiger charge is 2.10. The van der Waals surface area contributed by atoms with Crippen LogP contribution in [0.25, 0.3) is 0 Å². The van der Waals surface area contributed by atoms with Gasteiger partial charge in [-0.15, -0.1) is 0 Å². The summed E-state index contributed by atoms with van der Waals surface area (Å²) in [6.45, 7) is 2.15. The monoisotopic (exact) mass is 289 g/mol. The summed E-state index contributed by atoms with van der Waals surface area (Å²) in [5, 5.41) is 5.52. The summed E-state index contributed by atoms with van der Waals surface area (Å²) in [6, 6.07) is 7.62. The highest BCUT2D eigenvalue weighted by molar-refractivity contribution is 6.03. The maximum absolute atomic E-state index is 13.7. The molecule has 1 aromatic carbocycles. The minimum absolute atomic E-state index is 0.158. The molecular formula is C15H16FN3O2. The summed E-state index contributed by atoms with van der Waals surface area (Å²) < 4.78 is 18.8. The molecule has 6 heteroatoms. The zero-order valence-electron chi connectivity index (χ0n) is 11.8. The van der Waals surface area contributed by atoms with E-state index < -0.39 is 11.7 Å². The fraction of sp³-hybridized carbons (Fsp3) is 0.200. The van der Waals surface area contributed by atoms with Crippen molar-refractivity contribution in [2.24, 2.45) is 0 Å². The molecule has 0 aliphatic heterocycles. The predicted octanol–water partition coefficient (Wildman–Crippen LogP) is 2.91. The Bertz CT molecular complexity index is 647. The van der Waals surface area contributed by atoms with Gasteiger partial charge < -0.3 is 15.4 Å². The first-order valence-electron chi connectivity index (χ1n) is 6.51. The fourth-order valence-electron chi connectivity index (χ4n) is 1.76. The number of ether oxygens (including phenoxy) is 1. The third kappa shape index (κ3) is 3.68. The van der Waals surface area contributed by atoms with Gasteiger partial charge in [0.25, 0.3) is 5.91 Å². The lowest BCUT2D eigenvalue weighted by Crippen LogP contribution is -2.14. The van der Waals surface area contributed by atoms with Crippen molar-refractivity contribution in [2.75, 3.05) is 24.3 Å². The summed E-state index contributed by atoms with van der Waals surface area (Å²) in [6.07, 6.45) is 1.53. The number of carbonyl (C=O) groups excluding carboxylic acids is 1. The number of nitrogens with zero attached hydrogens (tertiary/aromatic N) is 1. The van der Waals surface area contributed by atoms with E-state index in [4.69, 9.17) is 4.74 Å². The molecule has 21 heavy (non-hydrogen) atoms. The molecule has 0 saturated heterocycles. The van der Waals surface area contributed by atoms with Crippen molar-refractivity contribution in [3.05, 3.63) is 48.0 Å². The Morgan fingerprint density at radius 2 is 2.10 bits per heavy atom. The number of anilines is 2. The Balaban J connectivity index is 2.13. The summed E-state index contributed by atoms with van der Waals surface area (Å²) in [4.78, 5) is 16.0. The van der Waals surface area contributed by atoms with Crippen LogP contribution >= 0.6 is 0 Å². The number of aromatic nitrogens is 1. The number of amides is 1. The Hall–Kier alpha value is -2.63. The van der Waals surface area contributed by atoms with Gasteiger partial charge in [-0.3, -0.25) is 9.78 Å². The molecule has 110 valence electrons. The number of nitrogens with one attached hydrogen (secondary N) is 2. The highest BCUT2D eigenvalue weighted by Crippen LogP contribution is 2.21. The minimum Gasteiger partial charge on any atom is -0.491 e. The average molecular weight is 289 g/mol. The zero-order chi connectivity index (χ0) is 15.2. The van der Waals surface area contributed by atoms with Crippen LogP contribution in [0.5, 0.6) is 5.75 Å². The molecule has 0 aliphatic carbocycles. The van der Waals surface area contributed by atoms with Gasteiger partial charge in [0.1, 0.15) is 5.69 Å². The summed E-state index contributed by atoms with van der Waals surface area (Å²) in [5.74, 6) is -0.770. The molecule has 0 saturated carbocycles. The number of benzene rings is 1. The van der Waals surface area contributed by atoms with Crippen molar-refractivity contribution < 1.29 is 13.9 Å². The first kappa shape index (κ1) is 14.8. The van der Waals surface area contributed by atoms with E-state index in [1.165, 1.54) is 18.3 Å². The Kier molecular flexibility index (Phi) is 4.71. The van der Waals surface area contributed by atoms with Gasteiger partial charge in [-0.1, -0.05) is 0 Å². The lowest BCUT2D eigenvalue weighted by molar-refractivity contribution is 0.102. The average Bonchev–Trinajstić information content (AvgIpc) is 2.50. The topological polar surface area (TPSA) is 63.2 Å². The zero-order valence-corrected chi connectivity index (χ0v) is 11.8. The largest absolute Gasteiger partial charge is 0.491 e. The second kappa shape index (κ2) is 6.69. The molecule has 0 fully saturated rings. The summed E-state index contributed by atoms with van der Waals surface area (Å²) >= 11 is 0. The van der Waals surface area contributed by atoms with Crippen LogP contribution in [0.3, 0.4) is 0 Å². The summed E-state index contributed by atoms with van der Waals surface area (Å²) in [5.41, 5.74) is 1.36. The lowest BCUT2D eigenvalue weighted by atomic mass is 10.2. The van der Waals surface area contributed by atoms with Crippen molar-refractivity contribution in [1.29, 1.82) is 0 Å². The molecule has 1 aromatic heterocycles. The van der Waals surface area contributed by atoms with Crippen molar-refractivity contribution in [3.8, 4) is 5.75 Å². The van der Waals surface area contributed by atoms with Crippen LogP contribution in [0, 0.1) is 5.82 Å². The number of halogens is 1. The number of carbonyl (C=O) groups is 1. The molecule has 0 spiro atoms. The van der Waals surface area contributed by atoms with E-state index in [0.717, 1.165) is 5.69 Å². The number of pyridine rings is 1. The van der Waals surface area contributed by atoms with Gasteiger partial charge >= 0.3 is 0 Å². The lowest BCUT2D eigenvalue weighted by Gasteiger charge is -2.08. The van der Waals surface area contributed by atoms with Gasteiger partial charge in [0.15, 0.2) is 11.6 Å². The van der Waals surface area contributed by atoms with E-state index in [-0.39, 0.29) is 11.4 Å². The normalized spacial score (nSPS) is 10.0. The molecule has 1 amide bonds. The van der Waals surface area contributed by atoms with E-state index in [1.807, 2.05) is 0 Å². The van der Waals surface area contributed by atoms with E-state index in [0.29, 0.717) is 12.3 Å². The van der Waals surface area contributed by atoms with Crippen LogP contribution in [0.2, 0.25) is 0 Å². The quantitative estimate of drug-likeness (QED) is 0.888. The standard InChI is InChI=1S/C15H16FN3O2/c1-3-21-14-5-4-11(8-12(14)16)19-15(20)13-9-10(17-2)6-7-18-13/h4-9H,3H2,1-2H3,(H,17,18)(H,19,20). The van der Waals surface area contributed by atoms with Crippen LogP contribution in [0.4, 0.5) is 15.8 Å². The molecule has 0 aliphatic rings. The SMILES string of the molecule is CCOc1ccc(NC(=O)c2cc(NC)ccn2)cc1F. The van der Waals surface area contributed by atoms with E-state index in [9.17, 15) is 9.18 Å². The van der Waals surface area contributed by atoms with Crippen LogP contribution in [-0.2, 0) is 0 Å². The number of rotatable bonds is 5.